The van der Waals surface area contributed by atoms with Gasteiger partial charge in [-0.1, -0.05) is 19.1 Å². The van der Waals surface area contributed by atoms with Crippen molar-refractivity contribution in [3.8, 4) is 11.5 Å². The highest BCUT2D eigenvalue weighted by molar-refractivity contribution is 7.98. The van der Waals surface area contributed by atoms with Crippen molar-refractivity contribution in [1.29, 1.82) is 0 Å². The van der Waals surface area contributed by atoms with E-state index in [0.29, 0.717) is 0 Å². The minimum Gasteiger partial charge on any atom is -0.457 e. The largest absolute Gasteiger partial charge is 0.457 e. The average Bonchev–Trinajstić information content (AvgIpc) is 2.49. The lowest BCUT2D eigenvalue weighted by Crippen LogP contribution is -2.11. The highest BCUT2D eigenvalue weighted by Crippen LogP contribution is 2.27. The summed E-state index contributed by atoms with van der Waals surface area (Å²) in [6, 6.07) is 14.6. The second-order valence-corrected chi connectivity index (χ2v) is 5.54. The second kappa shape index (κ2) is 7.36. The van der Waals surface area contributed by atoms with Gasteiger partial charge in [0.15, 0.2) is 0 Å². The van der Waals surface area contributed by atoms with E-state index in [-0.39, 0.29) is 0 Å². The van der Waals surface area contributed by atoms with Gasteiger partial charge in [0, 0.05) is 11.4 Å². The molecule has 0 heterocycles. The maximum Gasteiger partial charge on any atom is 0.130 e. The molecule has 20 heavy (non-hydrogen) atoms. The molecule has 0 spiro atoms. The van der Waals surface area contributed by atoms with Crippen LogP contribution in [0.25, 0.3) is 0 Å². The Morgan fingerprint density at radius 2 is 1.85 bits per heavy atom. The molecular weight excluding hydrogens is 266 g/mol. The monoisotopic (exact) mass is 287 g/mol. The van der Waals surface area contributed by atoms with Gasteiger partial charge in [-0.2, -0.15) is 0 Å². The average molecular weight is 287 g/mol. The number of benzene rings is 2. The molecular formula is C17H21NOS. The molecule has 0 radical (unpaired) electrons. The van der Waals surface area contributed by atoms with Gasteiger partial charge in [-0.05, 0) is 61.2 Å². The van der Waals surface area contributed by atoms with Crippen LogP contribution in [0.3, 0.4) is 0 Å². The first-order valence-corrected chi connectivity index (χ1v) is 8.07. The molecule has 0 aliphatic carbocycles. The molecule has 3 heteroatoms. The lowest BCUT2D eigenvalue weighted by Gasteiger charge is -2.11. The number of nitrogens with one attached hydrogen (secondary N) is 1. The van der Waals surface area contributed by atoms with Crippen LogP contribution in [0.1, 0.15) is 18.1 Å². The fourth-order valence-electron chi connectivity index (χ4n) is 1.90. The highest BCUT2D eigenvalue weighted by Gasteiger charge is 2.03. The van der Waals surface area contributed by atoms with Crippen molar-refractivity contribution in [3.05, 3.63) is 53.6 Å². The zero-order valence-corrected chi connectivity index (χ0v) is 13.1. The molecule has 0 unspecified atom stereocenters. The van der Waals surface area contributed by atoms with Crippen LogP contribution in [0, 0.1) is 6.92 Å². The van der Waals surface area contributed by atoms with Gasteiger partial charge in [0.05, 0.1) is 0 Å². The molecule has 0 saturated heterocycles. The molecule has 2 rings (SSSR count). The highest BCUT2D eigenvalue weighted by atomic mass is 32.2. The van der Waals surface area contributed by atoms with Crippen molar-refractivity contribution >= 4 is 11.8 Å². The maximum atomic E-state index is 5.99. The molecule has 0 fully saturated rings. The van der Waals surface area contributed by atoms with E-state index in [9.17, 15) is 0 Å². The van der Waals surface area contributed by atoms with Gasteiger partial charge in [-0.25, -0.2) is 0 Å². The molecule has 2 aromatic rings. The molecule has 0 aliphatic rings. The zero-order chi connectivity index (χ0) is 14.4. The van der Waals surface area contributed by atoms with Gasteiger partial charge in [0.25, 0.3) is 0 Å². The smallest absolute Gasteiger partial charge is 0.130 e. The van der Waals surface area contributed by atoms with E-state index in [1.807, 2.05) is 12.1 Å². The number of hydrogen-bond donors (Lipinski definition) is 1. The molecule has 1 N–H and O–H groups in total. The Morgan fingerprint density at radius 1 is 1.10 bits per heavy atom. The van der Waals surface area contributed by atoms with Crippen LogP contribution in [-0.2, 0) is 6.54 Å². The van der Waals surface area contributed by atoms with Crippen LogP contribution in [-0.4, -0.2) is 12.8 Å². The predicted molar refractivity (Wildman–Crippen MR) is 86.9 cm³/mol. The van der Waals surface area contributed by atoms with Crippen LogP contribution < -0.4 is 10.1 Å². The summed E-state index contributed by atoms with van der Waals surface area (Å²) >= 11 is 1.73. The topological polar surface area (TPSA) is 21.3 Å². The number of hydrogen-bond acceptors (Lipinski definition) is 3. The molecule has 0 aliphatic heterocycles. The fourth-order valence-corrected chi connectivity index (χ4v) is 2.31. The molecule has 106 valence electrons. The van der Waals surface area contributed by atoms with Crippen molar-refractivity contribution < 1.29 is 4.74 Å². The van der Waals surface area contributed by atoms with Crippen LogP contribution >= 0.6 is 11.8 Å². The Hall–Kier alpha value is -1.45. The second-order valence-electron chi connectivity index (χ2n) is 4.66. The predicted octanol–water partition coefficient (Wildman–Crippen LogP) is 4.62. The van der Waals surface area contributed by atoms with Gasteiger partial charge in [-0.3, -0.25) is 0 Å². The first-order chi connectivity index (χ1) is 9.72. The summed E-state index contributed by atoms with van der Waals surface area (Å²) in [5.74, 6) is 1.81. The Kier molecular flexibility index (Phi) is 5.50. The summed E-state index contributed by atoms with van der Waals surface area (Å²) in [5.41, 5.74) is 2.40. The summed E-state index contributed by atoms with van der Waals surface area (Å²) < 4.78 is 5.99. The molecule has 0 saturated carbocycles. The van der Waals surface area contributed by atoms with E-state index >= 15 is 0 Å². The minimum atomic E-state index is 0.874. The van der Waals surface area contributed by atoms with Crippen LogP contribution in [0.4, 0.5) is 0 Å². The number of aryl methyl sites for hydroxylation is 1. The summed E-state index contributed by atoms with van der Waals surface area (Å²) in [6.07, 6.45) is 2.07. The van der Waals surface area contributed by atoms with Crippen molar-refractivity contribution in [3.63, 3.8) is 0 Å². The van der Waals surface area contributed by atoms with Crippen LogP contribution in [0.5, 0.6) is 11.5 Å². The summed E-state index contributed by atoms with van der Waals surface area (Å²) in [5, 5.41) is 3.33. The molecule has 2 nitrogen and oxygen atoms in total. The Labute approximate surface area is 125 Å². The van der Waals surface area contributed by atoms with Gasteiger partial charge in [0.2, 0.25) is 0 Å². The van der Waals surface area contributed by atoms with E-state index in [4.69, 9.17) is 4.74 Å². The van der Waals surface area contributed by atoms with Crippen molar-refractivity contribution in [2.75, 3.05) is 12.8 Å². The normalized spacial score (nSPS) is 10.6. The first kappa shape index (κ1) is 14.9. The van der Waals surface area contributed by atoms with Crippen molar-refractivity contribution in [1.82, 2.24) is 5.32 Å². The molecule has 0 aromatic heterocycles. The van der Waals surface area contributed by atoms with E-state index in [2.05, 4.69) is 55.8 Å². The van der Waals surface area contributed by atoms with Gasteiger partial charge in [0.1, 0.15) is 11.5 Å². The molecule has 0 amide bonds. The Bertz CT molecular complexity index is 551. The zero-order valence-electron chi connectivity index (χ0n) is 12.3. The molecule has 0 bridgehead atoms. The fraction of sp³-hybridized carbons (Fsp3) is 0.294. The van der Waals surface area contributed by atoms with Crippen molar-refractivity contribution in [2.24, 2.45) is 0 Å². The van der Waals surface area contributed by atoms with Gasteiger partial charge < -0.3 is 10.1 Å². The van der Waals surface area contributed by atoms with E-state index in [0.717, 1.165) is 30.2 Å². The van der Waals surface area contributed by atoms with Gasteiger partial charge in [-0.15, -0.1) is 11.8 Å². The lowest BCUT2D eigenvalue weighted by molar-refractivity contribution is 0.477. The van der Waals surface area contributed by atoms with E-state index in [1.54, 1.807) is 11.8 Å². The first-order valence-electron chi connectivity index (χ1n) is 6.85. The van der Waals surface area contributed by atoms with Crippen LogP contribution in [0.2, 0.25) is 0 Å². The SMILES string of the molecule is CCNCc1ccc(C)c(Oc2ccc(SC)cc2)c1. The Morgan fingerprint density at radius 3 is 2.50 bits per heavy atom. The summed E-state index contributed by atoms with van der Waals surface area (Å²) in [7, 11) is 0. The molecule has 2 aromatic carbocycles. The lowest BCUT2D eigenvalue weighted by atomic mass is 10.1. The minimum absolute atomic E-state index is 0.874. The third-order valence-corrected chi connectivity index (χ3v) is 3.86. The third-order valence-electron chi connectivity index (χ3n) is 3.12. The quantitative estimate of drug-likeness (QED) is 0.783. The summed E-state index contributed by atoms with van der Waals surface area (Å²) in [6.45, 7) is 6.03. The number of ether oxygens (including phenoxy) is 1. The summed E-state index contributed by atoms with van der Waals surface area (Å²) in [4.78, 5) is 1.25. The number of rotatable bonds is 6. The van der Waals surface area contributed by atoms with Gasteiger partial charge >= 0.3 is 0 Å². The number of thioether (sulfide) groups is 1. The standard InChI is InChI=1S/C17H21NOS/c1-4-18-12-14-6-5-13(2)17(11-14)19-15-7-9-16(20-3)10-8-15/h5-11,18H,4,12H2,1-3H3. The Balaban J connectivity index is 2.14. The van der Waals surface area contributed by atoms with Crippen molar-refractivity contribution in [2.45, 2.75) is 25.3 Å². The molecule has 0 atom stereocenters. The third kappa shape index (κ3) is 4.02. The van der Waals surface area contributed by atoms with E-state index < -0.39 is 0 Å². The van der Waals surface area contributed by atoms with Crippen LogP contribution in [0.15, 0.2) is 47.4 Å². The maximum absolute atomic E-state index is 5.99. The van der Waals surface area contributed by atoms with E-state index in [1.165, 1.54) is 10.5 Å².